The van der Waals surface area contributed by atoms with Gasteiger partial charge in [0.1, 0.15) is 17.6 Å². The first kappa shape index (κ1) is 14.0. The molecule has 21 heavy (non-hydrogen) atoms. The summed E-state index contributed by atoms with van der Waals surface area (Å²) >= 11 is 0. The summed E-state index contributed by atoms with van der Waals surface area (Å²) in [6, 6.07) is 13.8. The van der Waals surface area contributed by atoms with Crippen molar-refractivity contribution in [3.8, 4) is 11.5 Å². The highest BCUT2D eigenvalue weighted by atomic mass is 16.5. The third-order valence-electron chi connectivity index (χ3n) is 4.23. The monoisotopic (exact) mass is 282 g/mol. The number of phenolic OH excluding ortho intramolecular Hbond substituents is 1. The maximum Gasteiger partial charge on any atom is 0.126 e. The second kappa shape index (κ2) is 6.21. The van der Waals surface area contributed by atoms with E-state index in [1.807, 2.05) is 12.1 Å². The van der Waals surface area contributed by atoms with E-state index < -0.39 is 0 Å². The summed E-state index contributed by atoms with van der Waals surface area (Å²) in [4.78, 5) is 0. The molecule has 1 N–H and O–H groups in total. The van der Waals surface area contributed by atoms with E-state index in [4.69, 9.17) is 4.74 Å². The Balaban J connectivity index is 1.94. The number of hydrogen-bond acceptors (Lipinski definition) is 2. The van der Waals surface area contributed by atoms with E-state index >= 15 is 0 Å². The molecule has 0 radical (unpaired) electrons. The van der Waals surface area contributed by atoms with Crippen molar-refractivity contribution in [1.29, 1.82) is 0 Å². The lowest BCUT2D eigenvalue weighted by molar-refractivity contribution is 0.190. The zero-order chi connectivity index (χ0) is 14.7. The van der Waals surface area contributed by atoms with Gasteiger partial charge in [0.15, 0.2) is 0 Å². The largest absolute Gasteiger partial charge is 0.508 e. The van der Waals surface area contributed by atoms with Gasteiger partial charge in [-0.15, -0.1) is 0 Å². The average molecular weight is 282 g/mol. The van der Waals surface area contributed by atoms with Gasteiger partial charge in [-0.3, -0.25) is 0 Å². The third-order valence-corrected chi connectivity index (χ3v) is 4.23. The van der Waals surface area contributed by atoms with Crippen LogP contribution in [0.4, 0.5) is 0 Å². The van der Waals surface area contributed by atoms with Gasteiger partial charge >= 0.3 is 0 Å². The molecular weight excluding hydrogens is 260 g/mol. The molecule has 0 spiro atoms. The number of aromatic hydroxyl groups is 1. The minimum Gasteiger partial charge on any atom is -0.508 e. The van der Waals surface area contributed by atoms with E-state index in [-0.39, 0.29) is 6.10 Å². The van der Waals surface area contributed by atoms with E-state index in [0.717, 1.165) is 24.2 Å². The van der Waals surface area contributed by atoms with Crippen LogP contribution in [0.25, 0.3) is 0 Å². The van der Waals surface area contributed by atoms with Gasteiger partial charge in [0, 0.05) is 0 Å². The van der Waals surface area contributed by atoms with Crippen LogP contribution in [0.5, 0.6) is 11.5 Å². The summed E-state index contributed by atoms with van der Waals surface area (Å²) in [5, 5.41) is 9.46. The summed E-state index contributed by atoms with van der Waals surface area (Å²) in [7, 11) is 0. The molecule has 2 aromatic rings. The predicted molar refractivity (Wildman–Crippen MR) is 84.8 cm³/mol. The highest BCUT2D eigenvalue weighted by molar-refractivity contribution is 5.41. The van der Waals surface area contributed by atoms with Crippen LogP contribution in [0, 0.1) is 6.92 Å². The standard InChI is InChI=1S/C19H22O2/c1-14-6-5-8-16-7-3-2-4-9-18(21-19(14)16)15-10-12-17(20)13-11-15/h5-6,8,10-13,18,20H,2-4,7,9H2,1H3. The molecule has 3 rings (SSSR count). The molecule has 1 unspecified atom stereocenters. The van der Waals surface area contributed by atoms with Crippen LogP contribution < -0.4 is 4.74 Å². The van der Waals surface area contributed by atoms with Crippen molar-refractivity contribution in [2.24, 2.45) is 0 Å². The third kappa shape index (κ3) is 3.21. The number of aryl methyl sites for hydroxylation is 2. The fourth-order valence-electron chi connectivity index (χ4n) is 3.03. The number of hydrogen-bond donors (Lipinski definition) is 1. The van der Waals surface area contributed by atoms with Gasteiger partial charge in [-0.2, -0.15) is 0 Å². The first-order chi connectivity index (χ1) is 10.2. The van der Waals surface area contributed by atoms with Crippen molar-refractivity contribution in [2.75, 3.05) is 0 Å². The molecule has 0 aliphatic carbocycles. The smallest absolute Gasteiger partial charge is 0.126 e. The van der Waals surface area contributed by atoms with Crippen LogP contribution >= 0.6 is 0 Å². The first-order valence-electron chi connectivity index (χ1n) is 7.78. The molecule has 0 aromatic heterocycles. The molecule has 2 heteroatoms. The maximum atomic E-state index is 9.46. The summed E-state index contributed by atoms with van der Waals surface area (Å²) in [5.74, 6) is 1.36. The Bertz CT molecular complexity index is 601. The number of para-hydroxylation sites is 1. The maximum absolute atomic E-state index is 9.46. The molecule has 2 nitrogen and oxygen atoms in total. The molecule has 0 fully saturated rings. The Morgan fingerprint density at radius 2 is 1.81 bits per heavy atom. The van der Waals surface area contributed by atoms with E-state index in [1.165, 1.54) is 30.4 Å². The molecule has 2 aromatic carbocycles. The van der Waals surface area contributed by atoms with Gasteiger partial charge in [0.05, 0.1) is 0 Å². The van der Waals surface area contributed by atoms with Gasteiger partial charge in [-0.25, -0.2) is 0 Å². The molecule has 1 atom stereocenters. The number of fused-ring (bicyclic) bond motifs is 1. The number of rotatable bonds is 1. The molecule has 0 saturated heterocycles. The van der Waals surface area contributed by atoms with Gasteiger partial charge in [0.25, 0.3) is 0 Å². The normalized spacial score (nSPS) is 18.8. The van der Waals surface area contributed by atoms with Crippen LogP contribution in [0.3, 0.4) is 0 Å². The van der Waals surface area contributed by atoms with Crippen molar-refractivity contribution < 1.29 is 9.84 Å². The van der Waals surface area contributed by atoms with Crippen molar-refractivity contribution in [1.82, 2.24) is 0 Å². The van der Waals surface area contributed by atoms with Crippen molar-refractivity contribution in [3.63, 3.8) is 0 Å². The van der Waals surface area contributed by atoms with E-state index in [9.17, 15) is 5.11 Å². The minimum absolute atomic E-state index is 0.0727. The van der Waals surface area contributed by atoms with Crippen LogP contribution in [0.2, 0.25) is 0 Å². The van der Waals surface area contributed by atoms with Gasteiger partial charge < -0.3 is 9.84 Å². The van der Waals surface area contributed by atoms with E-state index in [0.29, 0.717) is 5.75 Å². The van der Waals surface area contributed by atoms with Crippen LogP contribution in [0.15, 0.2) is 42.5 Å². The van der Waals surface area contributed by atoms with Gasteiger partial charge in [0.2, 0.25) is 0 Å². The molecule has 1 aliphatic heterocycles. The summed E-state index contributed by atoms with van der Waals surface area (Å²) in [5.41, 5.74) is 3.67. The zero-order valence-electron chi connectivity index (χ0n) is 12.5. The van der Waals surface area contributed by atoms with Gasteiger partial charge in [-0.1, -0.05) is 36.8 Å². The second-order valence-electron chi connectivity index (χ2n) is 5.86. The van der Waals surface area contributed by atoms with Crippen molar-refractivity contribution in [2.45, 2.75) is 45.1 Å². The molecule has 0 saturated carbocycles. The molecule has 0 bridgehead atoms. The lowest BCUT2D eigenvalue weighted by Crippen LogP contribution is -2.09. The zero-order valence-corrected chi connectivity index (χ0v) is 12.5. The lowest BCUT2D eigenvalue weighted by Gasteiger charge is -2.22. The molecule has 1 aliphatic rings. The molecule has 1 heterocycles. The van der Waals surface area contributed by atoms with E-state index in [1.54, 1.807) is 12.1 Å². The Morgan fingerprint density at radius 3 is 2.62 bits per heavy atom. The van der Waals surface area contributed by atoms with Crippen LogP contribution in [0.1, 0.15) is 48.5 Å². The highest BCUT2D eigenvalue weighted by Gasteiger charge is 2.18. The SMILES string of the molecule is Cc1cccc2c1OC(c1ccc(O)cc1)CCCCC2. The first-order valence-corrected chi connectivity index (χ1v) is 7.78. The summed E-state index contributed by atoms with van der Waals surface area (Å²) in [6.45, 7) is 2.12. The molecule has 0 amide bonds. The quantitative estimate of drug-likeness (QED) is 0.803. The second-order valence-corrected chi connectivity index (χ2v) is 5.86. The number of phenols is 1. The highest BCUT2D eigenvalue weighted by Crippen LogP contribution is 2.34. The topological polar surface area (TPSA) is 29.5 Å². The molecule has 110 valence electrons. The number of benzene rings is 2. The van der Waals surface area contributed by atoms with Crippen molar-refractivity contribution in [3.05, 3.63) is 59.2 Å². The average Bonchev–Trinajstić information content (AvgIpc) is 2.59. The van der Waals surface area contributed by atoms with Crippen molar-refractivity contribution >= 4 is 0 Å². The molecular formula is C19H22O2. The Hall–Kier alpha value is -1.96. The summed E-state index contributed by atoms with van der Waals surface area (Å²) < 4.78 is 6.39. The lowest BCUT2D eigenvalue weighted by atomic mass is 10.0. The minimum atomic E-state index is 0.0727. The van der Waals surface area contributed by atoms with Crippen LogP contribution in [-0.2, 0) is 6.42 Å². The Morgan fingerprint density at radius 1 is 1.00 bits per heavy atom. The Labute approximate surface area is 126 Å². The fourth-order valence-corrected chi connectivity index (χ4v) is 3.03. The fraction of sp³-hybridized carbons (Fsp3) is 0.368. The van der Waals surface area contributed by atoms with Gasteiger partial charge in [-0.05, 0) is 61.4 Å². The van der Waals surface area contributed by atoms with Crippen LogP contribution in [-0.4, -0.2) is 5.11 Å². The summed E-state index contributed by atoms with van der Waals surface area (Å²) in [6.07, 6.45) is 5.84. The Kier molecular flexibility index (Phi) is 4.14. The number of ether oxygens (including phenoxy) is 1. The predicted octanol–water partition coefficient (Wildman–Crippen LogP) is 4.94. The van der Waals surface area contributed by atoms with E-state index in [2.05, 4.69) is 25.1 Å².